The fourth-order valence-electron chi connectivity index (χ4n) is 1.70. The molecular formula is C10H17NO5. The molecule has 0 saturated heterocycles. The van der Waals surface area contributed by atoms with Gasteiger partial charge in [-0.1, -0.05) is 6.42 Å². The van der Waals surface area contributed by atoms with E-state index in [1.165, 1.54) is 0 Å². The summed E-state index contributed by atoms with van der Waals surface area (Å²) in [5, 5.41) is 19.4. The summed E-state index contributed by atoms with van der Waals surface area (Å²) >= 11 is 0. The fraction of sp³-hybridized carbons (Fsp3) is 0.800. The van der Waals surface area contributed by atoms with Gasteiger partial charge in [-0.15, -0.1) is 0 Å². The lowest BCUT2D eigenvalue weighted by Gasteiger charge is -2.22. The third kappa shape index (κ3) is 4.06. The van der Waals surface area contributed by atoms with Crippen molar-refractivity contribution < 1.29 is 24.5 Å². The Morgan fingerprint density at radius 1 is 1.31 bits per heavy atom. The van der Waals surface area contributed by atoms with E-state index in [-0.39, 0.29) is 6.10 Å². The highest BCUT2D eigenvalue weighted by molar-refractivity contribution is 5.80. The quantitative estimate of drug-likeness (QED) is 0.654. The van der Waals surface area contributed by atoms with Gasteiger partial charge < -0.3 is 20.3 Å². The summed E-state index contributed by atoms with van der Waals surface area (Å²) in [4.78, 5) is 21.8. The summed E-state index contributed by atoms with van der Waals surface area (Å²) in [6.45, 7) is -0.644. The average molecular weight is 231 g/mol. The number of amides is 1. The molecule has 0 spiro atoms. The lowest BCUT2D eigenvalue weighted by molar-refractivity contribution is -0.140. The molecule has 6 nitrogen and oxygen atoms in total. The van der Waals surface area contributed by atoms with Crippen molar-refractivity contribution in [2.24, 2.45) is 0 Å². The number of alkyl carbamates (subject to hydrolysis) is 1. The minimum Gasteiger partial charge on any atom is -0.480 e. The first-order valence-electron chi connectivity index (χ1n) is 5.44. The van der Waals surface area contributed by atoms with E-state index in [2.05, 4.69) is 5.32 Å². The molecule has 92 valence electrons. The molecule has 1 aliphatic rings. The van der Waals surface area contributed by atoms with E-state index < -0.39 is 24.7 Å². The molecule has 0 aromatic rings. The van der Waals surface area contributed by atoms with Crippen molar-refractivity contribution in [2.75, 3.05) is 6.61 Å². The molecular weight excluding hydrogens is 214 g/mol. The van der Waals surface area contributed by atoms with E-state index in [0.29, 0.717) is 0 Å². The molecule has 1 saturated carbocycles. The molecule has 1 rings (SSSR count). The van der Waals surface area contributed by atoms with E-state index in [0.717, 1.165) is 32.1 Å². The second kappa shape index (κ2) is 6.32. The molecule has 6 heteroatoms. The highest BCUT2D eigenvalue weighted by Gasteiger charge is 2.22. The van der Waals surface area contributed by atoms with Crippen LogP contribution in [0.3, 0.4) is 0 Å². The first-order valence-corrected chi connectivity index (χ1v) is 5.44. The molecule has 0 aliphatic heterocycles. The van der Waals surface area contributed by atoms with Crippen molar-refractivity contribution in [3.63, 3.8) is 0 Å². The number of carboxylic acids is 1. The van der Waals surface area contributed by atoms with Crippen LogP contribution in [0, 0.1) is 0 Å². The average Bonchev–Trinajstić information content (AvgIpc) is 2.27. The highest BCUT2D eigenvalue weighted by atomic mass is 16.6. The van der Waals surface area contributed by atoms with Crippen LogP contribution in [-0.4, -0.2) is 41.0 Å². The number of nitrogens with one attached hydrogen (secondary N) is 1. The Kier molecular flexibility index (Phi) is 5.04. The van der Waals surface area contributed by atoms with Crippen LogP contribution in [-0.2, 0) is 9.53 Å². The van der Waals surface area contributed by atoms with Gasteiger partial charge in [0.1, 0.15) is 6.10 Å². The number of ether oxygens (including phenoxy) is 1. The molecule has 0 unspecified atom stereocenters. The van der Waals surface area contributed by atoms with Gasteiger partial charge in [-0.2, -0.15) is 0 Å². The summed E-state index contributed by atoms with van der Waals surface area (Å²) in [6, 6.07) is -1.30. The smallest absolute Gasteiger partial charge is 0.408 e. The van der Waals surface area contributed by atoms with Crippen LogP contribution >= 0.6 is 0 Å². The van der Waals surface area contributed by atoms with Gasteiger partial charge >= 0.3 is 12.1 Å². The minimum atomic E-state index is -1.30. The van der Waals surface area contributed by atoms with Gasteiger partial charge in [-0.25, -0.2) is 9.59 Å². The van der Waals surface area contributed by atoms with Crippen molar-refractivity contribution >= 4 is 12.1 Å². The first-order chi connectivity index (χ1) is 7.63. The maximum atomic E-state index is 11.3. The summed E-state index contributed by atoms with van der Waals surface area (Å²) in [5.74, 6) is -1.27. The first kappa shape index (κ1) is 12.8. The zero-order chi connectivity index (χ0) is 12.0. The van der Waals surface area contributed by atoms with Gasteiger partial charge in [0.05, 0.1) is 6.61 Å². The van der Waals surface area contributed by atoms with Crippen LogP contribution in [0.15, 0.2) is 0 Å². The van der Waals surface area contributed by atoms with E-state index >= 15 is 0 Å². The number of carboxylic acid groups (broad SMARTS) is 1. The van der Waals surface area contributed by atoms with Crippen LogP contribution in [0.25, 0.3) is 0 Å². The third-order valence-corrected chi connectivity index (χ3v) is 2.60. The lowest BCUT2D eigenvalue weighted by Crippen LogP contribution is -2.44. The lowest BCUT2D eigenvalue weighted by atomic mass is 9.98. The van der Waals surface area contributed by atoms with Crippen LogP contribution in [0.5, 0.6) is 0 Å². The van der Waals surface area contributed by atoms with Crippen LogP contribution in [0.1, 0.15) is 32.1 Å². The van der Waals surface area contributed by atoms with Gasteiger partial charge in [0.15, 0.2) is 6.04 Å². The molecule has 1 atom stereocenters. The van der Waals surface area contributed by atoms with Crippen LogP contribution in [0.2, 0.25) is 0 Å². The van der Waals surface area contributed by atoms with Crippen molar-refractivity contribution in [2.45, 2.75) is 44.2 Å². The summed E-state index contributed by atoms with van der Waals surface area (Å²) in [5.41, 5.74) is 0. The fourth-order valence-corrected chi connectivity index (χ4v) is 1.70. The maximum absolute atomic E-state index is 11.3. The van der Waals surface area contributed by atoms with E-state index in [1.54, 1.807) is 0 Å². The molecule has 0 heterocycles. The van der Waals surface area contributed by atoms with Gasteiger partial charge in [0, 0.05) is 0 Å². The number of hydrogen-bond acceptors (Lipinski definition) is 4. The molecule has 1 amide bonds. The van der Waals surface area contributed by atoms with Crippen molar-refractivity contribution in [1.29, 1.82) is 0 Å². The number of carbonyl (C=O) groups is 2. The Labute approximate surface area is 93.6 Å². The second-order valence-corrected chi connectivity index (χ2v) is 3.88. The molecule has 16 heavy (non-hydrogen) atoms. The molecule has 1 aliphatic carbocycles. The topological polar surface area (TPSA) is 95.9 Å². The number of rotatable bonds is 4. The van der Waals surface area contributed by atoms with Gasteiger partial charge in [-0.05, 0) is 25.7 Å². The van der Waals surface area contributed by atoms with Crippen molar-refractivity contribution in [1.82, 2.24) is 5.32 Å². The van der Waals surface area contributed by atoms with Crippen molar-refractivity contribution in [3.05, 3.63) is 0 Å². The third-order valence-electron chi connectivity index (χ3n) is 2.60. The van der Waals surface area contributed by atoms with Crippen molar-refractivity contribution in [3.8, 4) is 0 Å². The monoisotopic (exact) mass is 231 g/mol. The predicted molar refractivity (Wildman–Crippen MR) is 55.0 cm³/mol. The molecule has 0 aromatic carbocycles. The Morgan fingerprint density at radius 3 is 2.44 bits per heavy atom. The molecule has 3 N–H and O–H groups in total. The minimum absolute atomic E-state index is 0.123. The Balaban J connectivity index is 2.31. The second-order valence-electron chi connectivity index (χ2n) is 3.88. The largest absolute Gasteiger partial charge is 0.480 e. The number of aliphatic hydroxyl groups excluding tert-OH is 1. The van der Waals surface area contributed by atoms with E-state index in [9.17, 15) is 9.59 Å². The molecule has 0 radical (unpaired) electrons. The number of aliphatic carboxylic acids is 1. The molecule has 0 bridgehead atoms. The number of hydrogen-bond donors (Lipinski definition) is 3. The predicted octanol–water partition coefficient (Wildman–Crippen LogP) is 0.491. The molecule has 1 fully saturated rings. The van der Waals surface area contributed by atoms with Gasteiger partial charge in [0.25, 0.3) is 0 Å². The SMILES string of the molecule is O=C(N[C@@H](CO)C(=O)O)OC1CCCCC1. The van der Waals surface area contributed by atoms with Gasteiger partial charge in [0.2, 0.25) is 0 Å². The summed E-state index contributed by atoms with van der Waals surface area (Å²) in [6.07, 6.45) is 3.96. The highest BCUT2D eigenvalue weighted by Crippen LogP contribution is 2.20. The van der Waals surface area contributed by atoms with E-state index in [4.69, 9.17) is 14.9 Å². The standard InChI is InChI=1S/C10H17NO5/c12-6-8(9(13)14)11-10(15)16-7-4-2-1-3-5-7/h7-8,12H,1-6H2,(H,11,15)(H,13,14)/t8-/m0/s1. The van der Waals surface area contributed by atoms with Gasteiger partial charge in [-0.3, -0.25) is 0 Å². The van der Waals surface area contributed by atoms with Crippen LogP contribution in [0.4, 0.5) is 4.79 Å². The molecule has 0 aromatic heterocycles. The normalized spacial score (nSPS) is 18.8. The Morgan fingerprint density at radius 2 is 1.94 bits per heavy atom. The maximum Gasteiger partial charge on any atom is 0.408 e. The van der Waals surface area contributed by atoms with E-state index in [1.807, 2.05) is 0 Å². The summed E-state index contributed by atoms with van der Waals surface area (Å²) in [7, 11) is 0. The Bertz CT molecular complexity index is 250. The Hall–Kier alpha value is -1.30. The zero-order valence-corrected chi connectivity index (χ0v) is 9.02. The number of aliphatic hydroxyl groups is 1. The van der Waals surface area contributed by atoms with Crippen LogP contribution < -0.4 is 5.32 Å². The number of carbonyl (C=O) groups excluding carboxylic acids is 1. The zero-order valence-electron chi connectivity index (χ0n) is 9.02. The summed E-state index contributed by atoms with van der Waals surface area (Å²) < 4.78 is 5.05.